The second-order valence-corrected chi connectivity index (χ2v) is 4.71. The maximum atomic E-state index is 13.5. The van der Waals surface area contributed by atoms with E-state index in [0.717, 1.165) is 37.1 Å². The summed E-state index contributed by atoms with van der Waals surface area (Å²) in [6.07, 6.45) is 2.04. The van der Waals surface area contributed by atoms with Gasteiger partial charge in [0.15, 0.2) is 0 Å². The number of nitrogens with two attached hydrogens (primary N) is 1. The summed E-state index contributed by atoms with van der Waals surface area (Å²) in [5.41, 5.74) is 7.76. The van der Waals surface area contributed by atoms with Gasteiger partial charge in [-0.15, -0.1) is 24.8 Å². The second-order valence-electron chi connectivity index (χ2n) is 4.71. The topological polar surface area (TPSA) is 29.3 Å². The average Bonchev–Trinajstić information content (AvgIpc) is 2.27. The first-order valence-electron chi connectivity index (χ1n) is 5.88. The van der Waals surface area contributed by atoms with Gasteiger partial charge in [-0.05, 0) is 38.9 Å². The smallest absolute Gasteiger partial charge is 0.127 e. The Balaban J connectivity index is 0.00000144. The van der Waals surface area contributed by atoms with Crippen molar-refractivity contribution in [2.45, 2.75) is 32.4 Å². The fourth-order valence-corrected chi connectivity index (χ4v) is 2.18. The minimum Gasteiger partial charge on any atom is -0.328 e. The Morgan fingerprint density at radius 1 is 1.28 bits per heavy atom. The molecule has 0 radical (unpaired) electrons. The van der Waals surface area contributed by atoms with Gasteiger partial charge >= 0.3 is 0 Å². The molecule has 0 amide bonds. The molecule has 0 spiro atoms. The molecular weight excluding hydrogens is 274 g/mol. The van der Waals surface area contributed by atoms with Crippen LogP contribution >= 0.6 is 24.8 Å². The number of nitrogens with zero attached hydrogens (tertiary/aromatic N) is 1. The average molecular weight is 295 g/mol. The second kappa shape index (κ2) is 7.95. The Morgan fingerprint density at radius 2 is 1.89 bits per heavy atom. The normalized spacial score (nSPS) is 16.8. The number of hydrogen-bond acceptors (Lipinski definition) is 2. The zero-order valence-corrected chi connectivity index (χ0v) is 12.2. The molecule has 0 atom stereocenters. The van der Waals surface area contributed by atoms with Crippen molar-refractivity contribution >= 4 is 24.8 Å². The lowest BCUT2D eigenvalue weighted by atomic mass is 10.0. The van der Waals surface area contributed by atoms with Crippen LogP contribution in [-0.2, 0) is 6.54 Å². The van der Waals surface area contributed by atoms with Crippen LogP contribution in [0.5, 0.6) is 0 Å². The summed E-state index contributed by atoms with van der Waals surface area (Å²) in [6, 6.07) is 5.63. The molecule has 0 aromatic heterocycles. The molecule has 2 rings (SSSR count). The van der Waals surface area contributed by atoms with E-state index < -0.39 is 0 Å². The molecule has 1 aliphatic heterocycles. The molecule has 0 unspecified atom stereocenters. The summed E-state index contributed by atoms with van der Waals surface area (Å²) in [6.45, 7) is 4.67. The van der Waals surface area contributed by atoms with Gasteiger partial charge in [0.1, 0.15) is 5.82 Å². The summed E-state index contributed by atoms with van der Waals surface area (Å²) in [7, 11) is 0. The summed E-state index contributed by atoms with van der Waals surface area (Å²) < 4.78 is 13.5. The molecule has 18 heavy (non-hydrogen) atoms. The van der Waals surface area contributed by atoms with Crippen molar-refractivity contribution in [2.24, 2.45) is 5.73 Å². The van der Waals surface area contributed by atoms with Gasteiger partial charge in [0.25, 0.3) is 0 Å². The predicted octanol–water partition coefficient (Wildman–Crippen LogP) is 2.90. The van der Waals surface area contributed by atoms with Crippen LogP contribution in [0.4, 0.5) is 4.39 Å². The Bertz CT molecular complexity index is 366. The van der Waals surface area contributed by atoms with Crippen molar-refractivity contribution < 1.29 is 4.39 Å². The third-order valence-corrected chi connectivity index (χ3v) is 3.23. The van der Waals surface area contributed by atoms with E-state index in [9.17, 15) is 4.39 Å². The van der Waals surface area contributed by atoms with E-state index in [-0.39, 0.29) is 30.6 Å². The number of piperidine rings is 1. The highest BCUT2D eigenvalue weighted by molar-refractivity contribution is 5.85. The number of aryl methyl sites for hydroxylation is 1. The number of halogens is 3. The summed E-state index contributed by atoms with van der Waals surface area (Å²) in [4.78, 5) is 2.28. The molecule has 0 bridgehead atoms. The molecule has 2 nitrogen and oxygen atoms in total. The molecule has 1 fully saturated rings. The van der Waals surface area contributed by atoms with Crippen LogP contribution in [0.1, 0.15) is 24.0 Å². The molecule has 2 N–H and O–H groups in total. The predicted molar refractivity (Wildman–Crippen MR) is 78.1 cm³/mol. The minimum absolute atomic E-state index is 0. The van der Waals surface area contributed by atoms with Crippen LogP contribution in [-0.4, -0.2) is 24.0 Å². The van der Waals surface area contributed by atoms with Gasteiger partial charge in [-0.25, -0.2) is 4.39 Å². The summed E-state index contributed by atoms with van der Waals surface area (Å²) in [5, 5.41) is 0. The van der Waals surface area contributed by atoms with Crippen molar-refractivity contribution in [3.8, 4) is 0 Å². The molecule has 5 heteroatoms. The van der Waals surface area contributed by atoms with Crippen molar-refractivity contribution in [1.29, 1.82) is 0 Å². The molecule has 104 valence electrons. The quantitative estimate of drug-likeness (QED) is 0.909. The molecule has 1 saturated heterocycles. The zero-order chi connectivity index (χ0) is 11.5. The highest BCUT2D eigenvalue weighted by Crippen LogP contribution is 2.16. The van der Waals surface area contributed by atoms with Crippen molar-refractivity contribution in [2.75, 3.05) is 13.1 Å². The van der Waals surface area contributed by atoms with E-state index in [1.807, 2.05) is 19.1 Å². The van der Waals surface area contributed by atoms with Crippen LogP contribution < -0.4 is 5.73 Å². The van der Waals surface area contributed by atoms with Gasteiger partial charge < -0.3 is 5.73 Å². The molecule has 0 saturated carbocycles. The lowest BCUT2D eigenvalue weighted by molar-refractivity contribution is 0.203. The summed E-state index contributed by atoms with van der Waals surface area (Å²) in [5.74, 6) is -0.0968. The summed E-state index contributed by atoms with van der Waals surface area (Å²) >= 11 is 0. The number of likely N-dealkylation sites (tertiary alicyclic amines) is 1. The van der Waals surface area contributed by atoms with Crippen molar-refractivity contribution in [3.05, 3.63) is 35.1 Å². The monoisotopic (exact) mass is 294 g/mol. The molecule has 1 heterocycles. The number of hydrogen-bond donors (Lipinski definition) is 1. The van der Waals surface area contributed by atoms with Crippen LogP contribution in [0.3, 0.4) is 0 Å². The Kier molecular flexibility index (Phi) is 7.79. The minimum atomic E-state index is -0.0968. The number of benzene rings is 1. The zero-order valence-electron chi connectivity index (χ0n) is 10.6. The Hall–Kier alpha value is -0.350. The van der Waals surface area contributed by atoms with E-state index in [1.165, 1.54) is 0 Å². The molecule has 1 aromatic rings. The molecular formula is C13H21Cl2FN2. The molecule has 1 aromatic carbocycles. The number of rotatable bonds is 2. The van der Waals surface area contributed by atoms with E-state index in [4.69, 9.17) is 5.73 Å². The van der Waals surface area contributed by atoms with Gasteiger partial charge in [0.05, 0.1) is 0 Å². The Morgan fingerprint density at radius 3 is 2.50 bits per heavy atom. The van der Waals surface area contributed by atoms with Gasteiger partial charge in [0, 0.05) is 18.2 Å². The van der Waals surface area contributed by atoms with Crippen molar-refractivity contribution in [3.63, 3.8) is 0 Å². The SMILES string of the molecule is Cc1ccc(F)c(CN2CCC(N)CC2)c1.Cl.Cl. The van der Waals surface area contributed by atoms with Gasteiger partial charge in [0.2, 0.25) is 0 Å². The van der Waals surface area contributed by atoms with E-state index in [1.54, 1.807) is 6.07 Å². The lowest BCUT2D eigenvalue weighted by Crippen LogP contribution is -2.39. The first-order chi connectivity index (χ1) is 7.65. The highest BCUT2D eigenvalue weighted by Gasteiger charge is 2.17. The van der Waals surface area contributed by atoms with E-state index in [2.05, 4.69) is 4.90 Å². The standard InChI is InChI=1S/C13H19FN2.2ClH/c1-10-2-3-13(14)11(8-10)9-16-6-4-12(15)5-7-16;;/h2-3,8,12H,4-7,9,15H2,1H3;2*1H. The fraction of sp³-hybridized carbons (Fsp3) is 0.538. The maximum Gasteiger partial charge on any atom is 0.127 e. The molecule has 1 aliphatic rings. The first-order valence-corrected chi connectivity index (χ1v) is 5.88. The first kappa shape index (κ1) is 17.6. The van der Waals surface area contributed by atoms with Crippen LogP contribution in [0.25, 0.3) is 0 Å². The third-order valence-electron chi connectivity index (χ3n) is 3.23. The van der Waals surface area contributed by atoms with E-state index >= 15 is 0 Å². The Labute approximate surface area is 121 Å². The maximum absolute atomic E-state index is 13.5. The van der Waals surface area contributed by atoms with Gasteiger partial charge in [-0.3, -0.25) is 4.90 Å². The van der Waals surface area contributed by atoms with Crippen LogP contribution in [0.2, 0.25) is 0 Å². The van der Waals surface area contributed by atoms with Crippen molar-refractivity contribution in [1.82, 2.24) is 4.90 Å². The van der Waals surface area contributed by atoms with E-state index in [0.29, 0.717) is 12.6 Å². The van der Waals surface area contributed by atoms with Crippen LogP contribution in [0, 0.1) is 12.7 Å². The highest BCUT2D eigenvalue weighted by atomic mass is 35.5. The fourth-order valence-electron chi connectivity index (χ4n) is 2.18. The van der Waals surface area contributed by atoms with Crippen LogP contribution in [0.15, 0.2) is 18.2 Å². The molecule has 0 aliphatic carbocycles. The lowest BCUT2D eigenvalue weighted by Gasteiger charge is -2.30. The van der Waals surface area contributed by atoms with Gasteiger partial charge in [-0.2, -0.15) is 0 Å². The van der Waals surface area contributed by atoms with Gasteiger partial charge in [-0.1, -0.05) is 17.7 Å². The largest absolute Gasteiger partial charge is 0.328 e. The third kappa shape index (κ3) is 4.73.